The van der Waals surface area contributed by atoms with E-state index in [4.69, 9.17) is 0 Å². The molecule has 3 aromatic heterocycles. The van der Waals surface area contributed by atoms with E-state index in [9.17, 15) is 40.3 Å². The summed E-state index contributed by atoms with van der Waals surface area (Å²) in [6.07, 6.45) is -8.06. The highest BCUT2D eigenvalue weighted by molar-refractivity contribution is 6.31. The minimum absolute atomic E-state index is 0.0316. The third-order valence-corrected chi connectivity index (χ3v) is 8.12. The number of fused-ring (bicyclic) bond motifs is 1. The summed E-state index contributed by atoms with van der Waals surface area (Å²) in [5, 5.41) is 0.199. The normalized spacial score (nSPS) is 20.2. The summed E-state index contributed by atoms with van der Waals surface area (Å²) < 4.78 is 105. The predicted molar refractivity (Wildman–Crippen MR) is 142 cm³/mol. The molecule has 44 heavy (non-hydrogen) atoms. The average Bonchev–Trinajstić information content (AvgIpc) is 3.59. The van der Waals surface area contributed by atoms with E-state index in [-0.39, 0.29) is 47.6 Å². The number of ketones is 1. The van der Waals surface area contributed by atoms with Crippen molar-refractivity contribution in [3.63, 3.8) is 0 Å². The number of rotatable bonds is 2. The van der Waals surface area contributed by atoms with Crippen LogP contribution < -0.4 is 0 Å². The summed E-state index contributed by atoms with van der Waals surface area (Å²) in [6, 6.07) is 6.00. The number of ether oxygens (including phenoxy) is 1. The zero-order valence-corrected chi connectivity index (χ0v) is 22.7. The Morgan fingerprint density at radius 3 is 2.45 bits per heavy atom. The number of amides is 2. The fourth-order valence-electron chi connectivity index (χ4n) is 6.37. The van der Waals surface area contributed by atoms with Crippen molar-refractivity contribution in [3.05, 3.63) is 71.3 Å². The maximum atomic E-state index is 14.2. The van der Waals surface area contributed by atoms with Crippen LogP contribution in [0.5, 0.6) is 0 Å². The van der Waals surface area contributed by atoms with Crippen molar-refractivity contribution in [2.75, 3.05) is 19.6 Å². The molecule has 4 aromatic rings. The number of hydrogen-bond donors (Lipinski definition) is 0. The fraction of sp³-hybridized carbons (Fsp3) is 0.345. The van der Waals surface area contributed by atoms with Gasteiger partial charge in [0.05, 0.1) is 23.0 Å². The molecule has 2 aliphatic heterocycles. The third kappa shape index (κ3) is 4.69. The zero-order chi connectivity index (χ0) is 31.2. The van der Waals surface area contributed by atoms with E-state index in [0.29, 0.717) is 33.6 Å². The van der Waals surface area contributed by atoms with Crippen molar-refractivity contribution in [3.8, 4) is 0 Å². The molecule has 15 heteroatoms. The van der Waals surface area contributed by atoms with Crippen LogP contribution in [0.4, 0.5) is 35.5 Å². The number of carbonyl (C=O) groups is 2. The summed E-state index contributed by atoms with van der Waals surface area (Å²) in [5.41, 5.74) is 1.84. The van der Waals surface area contributed by atoms with E-state index in [1.165, 1.54) is 0 Å². The molecule has 0 saturated carbocycles. The second-order valence-electron chi connectivity index (χ2n) is 11.1. The first-order valence-electron chi connectivity index (χ1n) is 13.6. The minimum Gasteiger partial charge on any atom is -0.345 e. The number of aromatic nitrogens is 3. The maximum Gasteiger partial charge on any atom is 0.416 e. The quantitative estimate of drug-likeness (QED) is 0.256. The smallest absolute Gasteiger partial charge is 0.345 e. The van der Waals surface area contributed by atoms with Crippen molar-refractivity contribution in [2.45, 2.75) is 44.3 Å². The van der Waals surface area contributed by atoms with Crippen LogP contribution in [0.2, 0.25) is 0 Å². The molecular weight excluding hydrogens is 599 g/mol. The molecule has 8 nitrogen and oxygen atoms in total. The second kappa shape index (κ2) is 9.55. The molecule has 1 saturated heterocycles. The number of urea groups is 1. The second-order valence-corrected chi connectivity index (χ2v) is 11.1. The molecule has 0 unspecified atom stereocenters. The molecule has 0 atom stereocenters. The van der Waals surface area contributed by atoms with Crippen LogP contribution in [0, 0.1) is 0 Å². The number of Topliss-reactive ketones (excluding diaryl/α,β-unsaturated/α-hetero) is 1. The molecular formula is C29H22F7N5O3. The lowest BCUT2D eigenvalue weighted by atomic mass is 9.96. The van der Waals surface area contributed by atoms with Gasteiger partial charge in [-0.05, 0) is 41.8 Å². The summed E-state index contributed by atoms with van der Waals surface area (Å²) in [7, 11) is 0. The van der Waals surface area contributed by atoms with Gasteiger partial charge in [0, 0.05) is 55.0 Å². The molecule has 0 spiro atoms. The average molecular weight is 622 g/mol. The predicted octanol–water partition coefficient (Wildman–Crippen LogP) is 6.03. The lowest BCUT2D eigenvalue weighted by Gasteiger charge is -2.39. The van der Waals surface area contributed by atoms with E-state index in [1.807, 2.05) is 0 Å². The molecule has 1 fully saturated rings. The number of morpholine rings is 1. The van der Waals surface area contributed by atoms with Gasteiger partial charge in [0.2, 0.25) is 0 Å². The molecule has 0 bridgehead atoms. The monoisotopic (exact) mass is 621 g/mol. The number of pyridine rings is 1. The van der Waals surface area contributed by atoms with Crippen LogP contribution in [-0.4, -0.2) is 67.4 Å². The Labute approximate surface area is 243 Å². The Kier molecular flexibility index (Phi) is 6.16. The van der Waals surface area contributed by atoms with Crippen LogP contribution in [-0.2, 0) is 28.8 Å². The van der Waals surface area contributed by atoms with Crippen LogP contribution in [0.1, 0.15) is 35.2 Å². The molecule has 7 rings (SSSR count). The van der Waals surface area contributed by atoms with Crippen LogP contribution in [0.3, 0.4) is 0 Å². The number of alkyl halides is 7. The van der Waals surface area contributed by atoms with Gasteiger partial charge in [0.1, 0.15) is 18.7 Å². The standard InChI is InChI=1S/C29H22F7N5O3/c30-27(31)14-40(15-28(32,33)44-27)26(43)39-8-7-38-13-20(19-10-17(29(34,35)36)9-16(12-39)25(19)38)18-4-5-22(42)24(18)21-11-37-23-3-1-2-6-41(21)23/h1-3,6,9-11,13H,4-5,7-8,12,14-15H2. The van der Waals surface area contributed by atoms with Crippen LogP contribution >= 0.6 is 0 Å². The Bertz CT molecular complexity index is 1870. The van der Waals surface area contributed by atoms with Crippen molar-refractivity contribution < 1.29 is 45.1 Å². The van der Waals surface area contributed by atoms with E-state index in [2.05, 4.69) is 9.72 Å². The highest BCUT2D eigenvalue weighted by atomic mass is 19.4. The van der Waals surface area contributed by atoms with Crippen LogP contribution in [0.15, 0.2) is 48.9 Å². The van der Waals surface area contributed by atoms with Gasteiger partial charge in [-0.15, -0.1) is 0 Å². The largest absolute Gasteiger partial charge is 0.416 e. The Morgan fingerprint density at radius 1 is 0.977 bits per heavy atom. The van der Waals surface area contributed by atoms with Crippen molar-refractivity contribution in [1.82, 2.24) is 23.8 Å². The van der Waals surface area contributed by atoms with Gasteiger partial charge in [-0.2, -0.15) is 30.7 Å². The number of allylic oxidation sites excluding steroid dienone is 2. The van der Waals surface area contributed by atoms with Gasteiger partial charge in [-0.1, -0.05) is 6.07 Å². The van der Waals surface area contributed by atoms with Gasteiger partial charge in [0.15, 0.2) is 5.78 Å². The molecule has 3 aliphatic rings. The number of carbonyl (C=O) groups excluding carboxylic acids is 2. The van der Waals surface area contributed by atoms with E-state index in [0.717, 1.165) is 17.0 Å². The van der Waals surface area contributed by atoms with Crippen LogP contribution in [0.25, 0.3) is 27.7 Å². The Balaban J connectivity index is 1.35. The van der Waals surface area contributed by atoms with Gasteiger partial charge in [-0.25, -0.2) is 9.78 Å². The molecule has 0 N–H and O–H groups in total. The van der Waals surface area contributed by atoms with E-state index >= 15 is 0 Å². The van der Waals surface area contributed by atoms with E-state index in [1.54, 1.807) is 45.8 Å². The van der Waals surface area contributed by atoms with Crippen molar-refractivity contribution in [2.24, 2.45) is 0 Å². The fourth-order valence-corrected chi connectivity index (χ4v) is 6.37. The highest BCUT2D eigenvalue weighted by Crippen LogP contribution is 2.44. The summed E-state index contributed by atoms with van der Waals surface area (Å²) in [4.78, 5) is 32.0. The van der Waals surface area contributed by atoms with Gasteiger partial charge < -0.3 is 14.4 Å². The number of hydrogen-bond acceptors (Lipinski definition) is 4. The number of nitrogens with zero attached hydrogens (tertiary/aromatic N) is 5. The lowest BCUT2D eigenvalue weighted by Crippen LogP contribution is -2.59. The molecule has 0 radical (unpaired) electrons. The Hall–Kier alpha value is -4.40. The number of benzene rings is 1. The first kappa shape index (κ1) is 28.4. The van der Waals surface area contributed by atoms with Crippen molar-refractivity contribution >= 4 is 39.5 Å². The lowest BCUT2D eigenvalue weighted by molar-refractivity contribution is -0.400. The first-order chi connectivity index (χ1) is 20.7. The molecule has 1 aromatic carbocycles. The summed E-state index contributed by atoms with van der Waals surface area (Å²) in [6.45, 7) is -3.44. The molecule has 1 aliphatic carbocycles. The number of imidazole rings is 1. The van der Waals surface area contributed by atoms with E-state index < -0.39 is 49.6 Å². The Morgan fingerprint density at radius 2 is 1.73 bits per heavy atom. The van der Waals surface area contributed by atoms with Gasteiger partial charge in [0.25, 0.3) is 0 Å². The summed E-state index contributed by atoms with van der Waals surface area (Å²) in [5.74, 6) is -0.179. The molecule has 230 valence electrons. The minimum atomic E-state index is -4.79. The molecule has 2 amide bonds. The maximum absolute atomic E-state index is 14.2. The van der Waals surface area contributed by atoms with Gasteiger partial charge in [-0.3, -0.25) is 13.9 Å². The topological polar surface area (TPSA) is 72.1 Å². The van der Waals surface area contributed by atoms with Crippen molar-refractivity contribution in [1.29, 1.82) is 0 Å². The zero-order valence-electron chi connectivity index (χ0n) is 22.7. The first-order valence-corrected chi connectivity index (χ1v) is 13.6. The van der Waals surface area contributed by atoms with Gasteiger partial charge >= 0.3 is 24.4 Å². The third-order valence-electron chi connectivity index (χ3n) is 8.12. The molecule has 5 heterocycles. The highest BCUT2D eigenvalue weighted by Gasteiger charge is 2.53. The SMILES string of the molecule is O=C1CCC(c2cn3c4c(cc(C(F)(F)F)cc24)CN(C(=O)N2CC(F)(F)OC(F)(F)C2)CC3)=C1c1cnc2ccccn12. The summed E-state index contributed by atoms with van der Waals surface area (Å²) >= 11 is 0. The number of halogens is 7.